The molecule has 15 heavy (non-hydrogen) atoms. The lowest BCUT2D eigenvalue weighted by atomic mass is 10.1. The number of fused-ring (bicyclic) bond motifs is 1. The average molecular weight is 202 g/mol. The summed E-state index contributed by atoms with van der Waals surface area (Å²) in [6.45, 7) is 0. The molecule has 0 aliphatic carbocycles. The molecule has 0 aliphatic rings. The number of hydrogen-bond donors (Lipinski definition) is 1. The van der Waals surface area contributed by atoms with Gasteiger partial charge >= 0.3 is 5.97 Å². The normalized spacial score (nSPS) is 10.2. The van der Waals surface area contributed by atoms with Crippen LogP contribution >= 0.6 is 0 Å². The molecule has 1 heterocycles. The van der Waals surface area contributed by atoms with Crippen molar-refractivity contribution in [3.8, 4) is 0 Å². The van der Waals surface area contributed by atoms with Crippen LogP contribution in [0.1, 0.15) is 10.4 Å². The fraction of sp³-hybridized carbons (Fsp3) is 0.0909. The van der Waals surface area contributed by atoms with Gasteiger partial charge in [0.15, 0.2) is 0 Å². The van der Waals surface area contributed by atoms with Gasteiger partial charge in [-0.2, -0.15) is 0 Å². The highest BCUT2D eigenvalue weighted by atomic mass is 16.5. The number of rotatable bonds is 1. The van der Waals surface area contributed by atoms with E-state index < -0.39 is 5.97 Å². The van der Waals surface area contributed by atoms with Gasteiger partial charge in [-0.3, -0.25) is 4.98 Å². The standard InChI is InChI=1S/C11H10N2O2/c1-15-11(14)8-5-7-3-2-4-13-10(7)6-9(8)12/h2-6H,12H2,1H3. The molecule has 0 spiro atoms. The number of carbonyl (C=O) groups excluding carboxylic acids is 1. The Morgan fingerprint density at radius 2 is 2.27 bits per heavy atom. The molecule has 2 rings (SSSR count). The monoisotopic (exact) mass is 202 g/mol. The summed E-state index contributed by atoms with van der Waals surface area (Å²) in [5.74, 6) is -0.432. The SMILES string of the molecule is COC(=O)c1cc2cccnc2cc1N. The Labute approximate surface area is 86.7 Å². The van der Waals surface area contributed by atoms with Crippen molar-refractivity contribution in [2.75, 3.05) is 12.8 Å². The first-order valence-corrected chi connectivity index (χ1v) is 4.45. The zero-order chi connectivity index (χ0) is 10.8. The molecule has 76 valence electrons. The van der Waals surface area contributed by atoms with E-state index in [0.717, 1.165) is 10.9 Å². The molecule has 0 aliphatic heterocycles. The number of aromatic nitrogens is 1. The van der Waals surface area contributed by atoms with Crippen molar-refractivity contribution in [3.63, 3.8) is 0 Å². The Hall–Kier alpha value is -2.10. The molecule has 0 fully saturated rings. The number of ether oxygens (including phenoxy) is 1. The van der Waals surface area contributed by atoms with E-state index in [1.54, 1.807) is 24.4 Å². The number of nitrogens with zero attached hydrogens (tertiary/aromatic N) is 1. The van der Waals surface area contributed by atoms with Gasteiger partial charge in [0, 0.05) is 17.3 Å². The number of benzene rings is 1. The number of nitrogens with two attached hydrogens (primary N) is 1. The fourth-order valence-corrected chi connectivity index (χ4v) is 1.42. The Bertz CT molecular complexity index is 523. The van der Waals surface area contributed by atoms with Gasteiger partial charge < -0.3 is 10.5 Å². The molecule has 0 saturated carbocycles. The zero-order valence-corrected chi connectivity index (χ0v) is 8.23. The average Bonchev–Trinajstić information content (AvgIpc) is 2.27. The summed E-state index contributed by atoms with van der Waals surface area (Å²) >= 11 is 0. The highest BCUT2D eigenvalue weighted by Gasteiger charge is 2.10. The molecular formula is C11H10N2O2. The number of carbonyl (C=O) groups is 1. The summed E-state index contributed by atoms with van der Waals surface area (Å²) in [6, 6.07) is 7.03. The Kier molecular flexibility index (Phi) is 2.25. The highest BCUT2D eigenvalue weighted by molar-refractivity contribution is 6.00. The van der Waals surface area contributed by atoms with E-state index in [1.807, 2.05) is 6.07 Å². The van der Waals surface area contributed by atoms with Crippen LogP contribution in [-0.4, -0.2) is 18.1 Å². The van der Waals surface area contributed by atoms with Gasteiger partial charge in [0.05, 0.1) is 18.2 Å². The predicted molar refractivity (Wildman–Crippen MR) is 57.5 cm³/mol. The van der Waals surface area contributed by atoms with E-state index in [4.69, 9.17) is 5.73 Å². The fourth-order valence-electron chi connectivity index (χ4n) is 1.42. The lowest BCUT2D eigenvalue weighted by Crippen LogP contribution is -2.05. The maximum atomic E-state index is 11.4. The van der Waals surface area contributed by atoms with Crippen LogP contribution in [0.4, 0.5) is 5.69 Å². The van der Waals surface area contributed by atoms with Crippen molar-refractivity contribution in [2.45, 2.75) is 0 Å². The van der Waals surface area contributed by atoms with Gasteiger partial charge in [-0.25, -0.2) is 4.79 Å². The van der Waals surface area contributed by atoms with Gasteiger partial charge in [0.1, 0.15) is 0 Å². The van der Waals surface area contributed by atoms with Crippen LogP contribution in [0.5, 0.6) is 0 Å². The van der Waals surface area contributed by atoms with Gasteiger partial charge in [-0.1, -0.05) is 6.07 Å². The molecule has 4 heteroatoms. The molecule has 4 nitrogen and oxygen atoms in total. The Morgan fingerprint density at radius 1 is 1.47 bits per heavy atom. The van der Waals surface area contributed by atoms with Crippen molar-refractivity contribution in [1.82, 2.24) is 4.98 Å². The van der Waals surface area contributed by atoms with Gasteiger partial charge in [-0.05, 0) is 18.2 Å². The maximum absolute atomic E-state index is 11.4. The van der Waals surface area contributed by atoms with E-state index in [-0.39, 0.29) is 0 Å². The van der Waals surface area contributed by atoms with Crippen LogP contribution in [-0.2, 0) is 4.74 Å². The third-order valence-electron chi connectivity index (χ3n) is 2.18. The summed E-state index contributed by atoms with van der Waals surface area (Å²) in [4.78, 5) is 15.5. The molecule has 0 saturated heterocycles. The van der Waals surface area contributed by atoms with Crippen molar-refractivity contribution in [1.29, 1.82) is 0 Å². The molecule has 1 aromatic heterocycles. The van der Waals surface area contributed by atoms with Crippen molar-refractivity contribution >= 4 is 22.6 Å². The summed E-state index contributed by atoms with van der Waals surface area (Å²) in [7, 11) is 1.33. The topological polar surface area (TPSA) is 65.2 Å². The smallest absolute Gasteiger partial charge is 0.339 e. The molecule has 0 unspecified atom stereocenters. The molecule has 0 atom stereocenters. The Balaban J connectivity index is 2.67. The molecule has 0 amide bonds. The number of esters is 1. The lowest BCUT2D eigenvalue weighted by molar-refractivity contribution is 0.0602. The van der Waals surface area contributed by atoms with E-state index in [9.17, 15) is 4.79 Å². The summed E-state index contributed by atoms with van der Waals surface area (Å²) < 4.78 is 4.63. The minimum Gasteiger partial charge on any atom is -0.465 e. The first kappa shape index (κ1) is 9.45. The number of hydrogen-bond acceptors (Lipinski definition) is 4. The van der Waals surface area contributed by atoms with E-state index in [0.29, 0.717) is 11.3 Å². The van der Waals surface area contributed by atoms with E-state index in [1.165, 1.54) is 7.11 Å². The number of methoxy groups -OCH3 is 1. The van der Waals surface area contributed by atoms with Crippen LogP contribution in [0.15, 0.2) is 30.5 Å². The predicted octanol–water partition coefficient (Wildman–Crippen LogP) is 1.60. The molecule has 0 bridgehead atoms. The van der Waals surface area contributed by atoms with Gasteiger partial charge in [-0.15, -0.1) is 0 Å². The minimum absolute atomic E-state index is 0.373. The number of nitrogen functional groups attached to an aromatic ring is 1. The third kappa shape index (κ3) is 1.61. The van der Waals surface area contributed by atoms with Crippen LogP contribution in [0.2, 0.25) is 0 Å². The van der Waals surface area contributed by atoms with Gasteiger partial charge in [0.2, 0.25) is 0 Å². The summed E-state index contributed by atoms with van der Waals surface area (Å²) in [6.07, 6.45) is 1.68. The second-order valence-corrected chi connectivity index (χ2v) is 3.13. The minimum atomic E-state index is -0.432. The van der Waals surface area contributed by atoms with Crippen LogP contribution < -0.4 is 5.73 Å². The summed E-state index contributed by atoms with van der Waals surface area (Å²) in [5.41, 5.74) is 7.24. The molecule has 1 aromatic carbocycles. The van der Waals surface area contributed by atoms with Crippen molar-refractivity contribution in [2.24, 2.45) is 0 Å². The first-order chi connectivity index (χ1) is 7.22. The maximum Gasteiger partial charge on any atom is 0.339 e. The lowest BCUT2D eigenvalue weighted by Gasteiger charge is -2.05. The quantitative estimate of drug-likeness (QED) is 0.563. The van der Waals surface area contributed by atoms with Crippen molar-refractivity contribution < 1.29 is 9.53 Å². The zero-order valence-electron chi connectivity index (χ0n) is 8.23. The second-order valence-electron chi connectivity index (χ2n) is 3.13. The van der Waals surface area contributed by atoms with Crippen LogP contribution in [0.3, 0.4) is 0 Å². The highest BCUT2D eigenvalue weighted by Crippen LogP contribution is 2.20. The molecule has 2 aromatic rings. The number of pyridine rings is 1. The second kappa shape index (κ2) is 3.57. The van der Waals surface area contributed by atoms with E-state index >= 15 is 0 Å². The number of anilines is 1. The van der Waals surface area contributed by atoms with Crippen LogP contribution in [0.25, 0.3) is 10.9 Å². The van der Waals surface area contributed by atoms with E-state index in [2.05, 4.69) is 9.72 Å². The molecular weight excluding hydrogens is 192 g/mol. The largest absolute Gasteiger partial charge is 0.465 e. The first-order valence-electron chi connectivity index (χ1n) is 4.45. The summed E-state index contributed by atoms with van der Waals surface area (Å²) in [5, 5.41) is 0.868. The van der Waals surface area contributed by atoms with Crippen molar-refractivity contribution in [3.05, 3.63) is 36.0 Å². The van der Waals surface area contributed by atoms with Gasteiger partial charge in [0.25, 0.3) is 0 Å². The third-order valence-corrected chi connectivity index (χ3v) is 2.18. The van der Waals surface area contributed by atoms with Crippen LogP contribution in [0, 0.1) is 0 Å². The molecule has 2 N–H and O–H groups in total. The Morgan fingerprint density at radius 3 is 3.00 bits per heavy atom. The molecule has 0 radical (unpaired) electrons.